The fourth-order valence-corrected chi connectivity index (χ4v) is 3.26. The van der Waals surface area contributed by atoms with Crippen LogP contribution in [-0.4, -0.2) is 49.9 Å². The molecule has 0 unspecified atom stereocenters. The van der Waals surface area contributed by atoms with Gasteiger partial charge in [-0.3, -0.25) is 19.3 Å². The second kappa shape index (κ2) is 8.72. The van der Waals surface area contributed by atoms with E-state index in [1.807, 2.05) is 30.3 Å². The predicted octanol–water partition coefficient (Wildman–Crippen LogP) is -0.239. The van der Waals surface area contributed by atoms with E-state index in [2.05, 4.69) is 10.0 Å². The minimum atomic E-state index is -3.51. The third-order valence-electron chi connectivity index (χ3n) is 3.75. The van der Waals surface area contributed by atoms with Crippen LogP contribution in [0, 0.1) is 0 Å². The highest BCUT2D eigenvalue weighted by atomic mass is 32.2. The average molecular weight is 367 g/mol. The minimum absolute atomic E-state index is 0.0303. The highest BCUT2D eigenvalue weighted by Gasteiger charge is 2.28. The van der Waals surface area contributed by atoms with Gasteiger partial charge in [0.1, 0.15) is 0 Å². The van der Waals surface area contributed by atoms with E-state index >= 15 is 0 Å². The predicted molar refractivity (Wildman–Crippen MR) is 90.6 cm³/mol. The Morgan fingerprint density at radius 2 is 1.72 bits per heavy atom. The highest BCUT2D eigenvalue weighted by molar-refractivity contribution is 7.89. The number of benzene rings is 1. The van der Waals surface area contributed by atoms with Gasteiger partial charge in [0.25, 0.3) is 0 Å². The zero-order valence-electron chi connectivity index (χ0n) is 13.7. The fourth-order valence-electron chi connectivity index (χ4n) is 2.36. The number of imide groups is 1. The molecule has 9 heteroatoms. The van der Waals surface area contributed by atoms with Crippen molar-refractivity contribution in [3.63, 3.8) is 0 Å². The summed E-state index contributed by atoms with van der Waals surface area (Å²) >= 11 is 0. The summed E-state index contributed by atoms with van der Waals surface area (Å²) in [6, 6.07) is 9.10. The third kappa shape index (κ3) is 6.28. The van der Waals surface area contributed by atoms with Crippen molar-refractivity contribution in [3.05, 3.63) is 35.9 Å². The monoisotopic (exact) mass is 367 g/mol. The molecule has 0 saturated carbocycles. The number of hydrogen-bond donors (Lipinski definition) is 2. The van der Waals surface area contributed by atoms with Crippen molar-refractivity contribution in [1.29, 1.82) is 0 Å². The van der Waals surface area contributed by atoms with E-state index in [0.717, 1.165) is 10.5 Å². The van der Waals surface area contributed by atoms with Gasteiger partial charge < -0.3 is 5.32 Å². The summed E-state index contributed by atoms with van der Waals surface area (Å²) in [7, 11) is -3.51. The van der Waals surface area contributed by atoms with Gasteiger partial charge in [-0.25, -0.2) is 13.1 Å². The zero-order valence-corrected chi connectivity index (χ0v) is 14.5. The van der Waals surface area contributed by atoms with Gasteiger partial charge in [-0.15, -0.1) is 0 Å². The van der Waals surface area contributed by atoms with Crippen LogP contribution in [0.25, 0.3) is 0 Å². The summed E-state index contributed by atoms with van der Waals surface area (Å²) < 4.78 is 26.2. The van der Waals surface area contributed by atoms with Crippen LogP contribution in [-0.2, 0) is 31.0 Å². The Morgan fingerprint density at radius 3 is 2.36 bits per heavy atom. The Bertz CT molecular complexity index is 717. The number of carbonyl (C=O) groups is 3. The number of likely N-dealkylation sites (tertiary alicyclic amines) is 1. The van der Waals surface area contributed by atoms with Gasteiger partial charge in [0.05, 0.1) is 5.75 Å². The van der Waals surface area contributed by atoms with Gasteiger partial charge in [0.15, 0.2) is 0 Å². The first kappa shape index (κ1) is 19.1. The second-order valence-corrected chi connectivity index (χ2v) is 7.59. The van der Waals surface area contributed by atoms with E-state index in [-0.39, 0.29) is 56.5 Å². The van der Waals surface area contributed by atoms with Crippen LogP contribution in [0.15, 0.2) is 30.3 Å². The topological polar surface area (TPSA) is 113 Å². The maximum absolute atomic E-state index is 11.9. The van der Waals surface area contributed by atoms with Crippen LogP contribution in [0.3, 0.4) is 0 Å². The smallest absolute Gasteiger partial charge is 0.229 e. The number of sulfonamides is 1. The van der Waals surface area contributed by atoms with Crippen LogP contribution >= 0.6 is 0 Å². The lowest BCUT2D eigenvalue weighted by atomic mass is 10.2. The first-order chi connectivity index (χ1) is 11.9. The van der Waals surface area contributed by atoms with E-state index in [4.69, 9.17) is 0 Å². The van der Waals surface area contributed by atoms with Gasteiger partial charge in [0, 0.05) is 38.9 Å². The maximum Gasteiger partial charge on any atom is 0.229 e. The first-order valence-corrected chi connectivity index (χ1v) is 9.64. The molecule has 1 heterocycles. The van der Waals surface area contributed by atoms with Gasteiger partial charge in [0.2, 0.25) is 27.7 Å². The maximum atomic E-state index is 11.9. The number of nitrogens with one attached hydrogen (secondary N) is 2. The summed E-state index contributed by atoms with van der Waals surface area (Å²) in [5.41, 5.74) is 0.843. The molecule has 2 rings (SSSR count). The number of nitrogens with zero attached hydrogens (tertiary/aromatic N) is 1. The lowest BCUT2D eigenvalue weighted by Gasteiger charge is -2.13. The van der Waals surface area contributed by atoms with Crippen LogP contribution in [0.4, 0.5) is 0 Å². The van der Waals surface area contributed by atoms with Crippen LogP contribution < -0.4 is 10.0 Å². The lowest BCUT2D eigenvalue weighted by molar-refractivity contribution is -0.138. The average Bonchev–Trinajstić information content (AvgIpc) is 2.90. The standard InChI is InChI=1S/C16H21N3O5S/c20-14(8-10-19-15(21)6-7-16(19)22)17-9-11-25(23,24)18-12-13-4-2-1-3-5-13/h1-5,18H,6-12H2,(H,17,20). The molecule has 3 amide bonds. The quantitative estimate of drug-likeness (QED) is 0.585. The zero-order chi connectivity index (χ0) is 18.3. The van der Waals surface area contributed by atoms with Crippen molar-refractivity contribution in [3.8, 4) is 0 Å². The molecule has 136 valence electrons. The van der Waals surface area contributed by atoms with Gasteiger partial charge in [-0.1, -0.05) is 30.3 Å². The molecule has 0 bridgehead atoms. The molecule has 0 radical (unpaired) electrons. The SMILES string of the molecule is O=C(CCN1C(=O)CCC1=O)NCCS(=O)(=O)NCc1ccccc1. The number of carbonyl (C=O) groups excluding carboxylic acids is 3. The van der Waals surface area contributed by atoms with Gasteiger partial charge in [-0.05, 0) is 5.56 Å². The molecule has 0 aromatic heterocycles. The van der Waals surface area contributed by atoms with Crippen LogP contribution in [0.1, 0.15) is 24.8 Å². The van der Waals surface area contributed by atoms with Crippen molar-refractivity contribution in [2.45, 2.75) is 25.8 Å². The van der Waals surface area contributed by atoms with Crippen LogP contribution in [0.5, 0.6) is 0 Å². The molecule has 25 heavy (non-hydrogen) atoms. The number of hydrogen-bond acceptors (Lipinski definition) is 5. The van der Waals surface area contributed by atoms with E-state index in [0.29, 0.717) is 0 Å². The molecule has 1 aliphatic rings. The van der Waals surface area contributed by atoms with E-state index in [9.17, 15) is 22.8 Å². The number of rotatable bonds is 9. The molecule has 0 atom stereocenters. The summed E-state index contributed by atoms with van der Waals surface area (Å²) in [6.45, 7) is 0.184. The van der Waals surface area contributed by atoms with E-state index in [1.54, 1.807) is 0 Å². The molecule has 1 saturated heterocycles. The Hall–Kier alpha value is -2.26. The lowest BCUT2D eigenvalue weighted by Crippen LogP contribution is -2.37. The fraction of sp³-hybridized carbons (Fsp3) is 0.438. The minimum Gasteiger partial charge on any atom is -0.355 e. The van der Waals surface area contributed by atoms with Crippen LogP contribution in [0.2, 0.25) is 0 Å². The van der Waals surface area contributed by atoms with Gasteiger partial charge >= 0.3 is 0 Å². The molecule has 2 N–H and O–H groups in total. The van der Waals surface area contributed by atoms with Crippen molar-refractivity contribution in [2.24, 2.45) is 0 Å². The largest absolute Gasteiger partial charge is 0.355 e. The van der Waals surface area contributed by atoms with Gasteiger partial charge in [-0.2, -0.15) is 0 Å². The van der Waals surface area contributed by atoms with Crippen molar-refractivity contribution >= 4 is 27.7 Å². The molecule has 0 aliphatic carbocycles. The summed E-state index contributed by atoms with van der Waals surface area (Å²) in [5.74, 6) is -1.19. The third-order valence-corrected chi connectivity index (χ3v) is 5.08. The normalized spacial score (nSPS) is 14.8. The summed E-state index contributed by atoms with van der Waals surface area (Å²) in [4.78, 5) is 35.6. The Balaban J connectivity index is 1.66. The first-order valence-electron chi connectivity index (χ1n) is 7.98. The molecule has 0 spiro atoms. The highest BCUT2D eigenvalue weighted by Crippen LogP contribution is 2.11. The number of amides is 3. The summed E-state index contributed by atoms with van der Waals surface area (Å²) in [6.07, 6.45) is 0.340. The Kier molecular flexibility index (Phi) is 6.65. The van der Waals surface area contributed by atoms with E-state index < -0.39 is 15.9 Å². The van der Waals surface area contributed by atoms with Crippen molar-refractivity contribution in [2.75, 3.05) is 18.8 Å². The van der Waals surface area contributed by atoms with Crippen molar-refractivity contribution < 1.29 is 22.8 Å². The Morgan fingerprint density at radius 1 is 1.08 bits per heavy atom. The van der Waals surface area contributed by atoms with Crippen molar-refractivity contribution in [1.82, 2.24) is 14.9 Å². The second-order valence-electron chi connectivity index (χ2n) is 5.66. The molecular formula is C16H21N3O5S. The Labute approximate surface area is 146 Å². The molecule has 1 fully saturated rings. The molecule has 1 aromatic rings. The van der Waals surface area contributed by atoms with E-state index in [1.165, 1.54) is 0 Å². The molecule has 1 aromatic carbocycles. The molecule has 1 aliphatic heterocycles. The molecule has 8 nitrogen and oxygen atoms in total. The summed E-state index contributed by atoms with van der Waals surface area (Å²) in [5, 5.41) is 2.48. The molecular weight excluding hydrogens is 346 g/mol.